The maximum absolute atomic E-state index is 13.4. The summed E-state index contributed by atoms with van der Waals surface area (Å²) in [4.78, 5) is 57.2. The van der Waals surface area contributed by atoms with Crippen LogP contribution in [0.3, 0.4) is 0 Å². The van der Waals surface area contributed by atoms with E-state index in [0.29, 0.717) is 65.6 Å². The van der Waals surface area contributed by atoms with Crippen LogP contribution in [-0.4, -0.2) is 145 Å². The molecule has 4 N–H and O–H groups in total. The summed E-state index contributed by atoms with van der Waals surface area (Å²) in [6, 6.07) is 0. The van der Waals surface area contributed by atoms with Gasteiger partial charge in [0.05, 0.1) is 32.3 Å². The second-order valence-electron chi connectivity index (χ2n) is 21.4. The number of likely N-dealkylation sites (tertiary alicyclic amines) is 1. The van der Waals surface area contributed by atoms with E-state index in [9.17, 15) is 53.2 Å². The summed E-state index contributed by atoms with van der Waals surface area (Å²) in [6.07, 6.45) is 19.5. The van der Waals surface area contributed by atoms with Gasteiger partial charge < -0.3 is 39.9 Å². The summed E-state index contributed by atoms with van der Waals surface area (Å²) < 4.78 is 109. The Bertz CT molecular complexity index is 1740. The van der Waals surface area contributed by atoms with Crippen molar-refractivity contribution in [3.63, 3.8) is 0 Å². The smallest absolute Gasteiger partial charge is 0.870 e. The van der Waals surface area contributed by atoms with Crippen molar-refractivity contribution in [3.8, 4) is 0 Å². The molecule has 7 atom stereocenters. The SMILES string of the molecule is C1=C(N2CCCC2)CCC1.C=C(CBr)C(=O)OC.CC(=O)C1CC2CCC(C1)C2(F)F.CC(=O)C1CC2CCC(C1)C2=O.CC1CCCO1.COCCN(CCOC)S(F)(F)F.O.O=C(O)C1CC2CCC(C1)C2(F)F.[Li+].[OH-]. The topological polar surface area (TPSA) is 210 Å². The van der Waals surface area contributed by atoms with Crippen LogP contribution in [0.25, 0.3) is 0 Å². The molecule has 7 unspecified atom stereocenters. The molecule has 9 aliphatic rings. The summed E-state index contributed by atoms with van der Waals surface area (Å²) >= 11 is -2.08. The Balaban J connectivity index is 0.000000891. The molecule has 24 heteroatoms. The van der Waals surface area contributed by atoms with Gasteiger partial charge in [-0.3, -0.25) is 19.2 Å². The number of rotatable bonds is 13. The summed E-state index contributed by atoms with van der Waals surface area (Å²) in [5, 5.41) is 9.20. The van der Waals surface area contributed by atoms with Crippen LogP contribution in [0.4, 0.5) is 29.2 Å². The second kappa shape index (κ2) is 37.2. The van der Waals surface area contributed by atoms with Crippen molar-refractivity contribution in [2.24, 2.45) is 53.3 Å². The number of fused-ring (bicyclic) bond motifs is 6. The number of alkyl halides is 5. The molecule has 0 aromatic heterocycles. The minimum Gasteiger partial charge on any atom is -0.870 e. The average molecular weight is 1210 g/mol. The van der Waals surface area contributed by atoms with E-state index >= 15 is 0 Å². The van der Waals surface area contributed by atoms with E-state index < -0.39 is 58.8 Å². The Morgan fingerprint density at radius 3 is 1.49 bits per heavy atom. The molecular formula is C54H89BrF7LiN2O12S. The Kier molecular flexibility index (Phi) is 36.2. The van der Waals surface area contributed by atoms with Crippen LogP contribution in [0.1, 0.15) is 143 Å². The van der Waals surface area contributed by atoms with Crippen LogP contribution in [0.5, 0.6) is 0 Å². The first-order chi connectivity index (χ1) is 35.3. The molecule has 6 saturated carbocycles. The van der Waals surface area contributed by atoms with Crippen LogP contribution in [0, 0.1) is 53.3 Å². The zero-order valence-corrected chi connectivity index (χ0v) is 49.4. The number of hydrogen-bond acceptors (Lipinski definition) is 12. The number of carbonyl (C=O) groups is 5. The standard InChI is InChI=1S/C10H14F2O.C10H14O2.C9H12F2O2.C9H15N.C6H14F3NO2S.C5H7BrO2.C5H10O.Li.2H2O/c1-6(13)7-4-8-2-3-9(5-7)10(8,11)12;1-6(11)9-4-7-2-3-8(5-9)10(7)12;10-9(11)6-1-2-7(9)4-5(3-6)8(12)13;1-2-6-9(5-1)10-7-3-4-8-10;1-11-5-3-10(4-6-12-2)13(7,8)9;1-4(3-6)5(7)8-2;1-5-3-2-4-6-5;;;/h7-9H,2-5H2,1H3;7-9H,2-5H2,1H3;5-7H,1-4H2,(H,12,13);5H,1-4,6-8H2;3-6H2,1-2H3;1,3H2,2H3;5H,2-4H2,1H3;;2*1H2/q;;;;;;;+1;;/p-1. The second-order valence-corrected chi connectivity index (χ2v) is 23.2. The number of halogens is 8. The Morgan fingerprint density at radius 1 is 0.756 bits per heavy atom. The molecule has 0 aromatic rings. The van der Waals surface area contributed by atoms with E-state index in [0.717, 1.165) is 32.3 Å². The molecule has 6 bridgehead atoms. The third-order valence-electron chi connectivity index (χ3n) is 16.2. The van der Waals surface area contributed by atoms with Crippen molar-refractivity contribution in [2.75, 3.05) is 72.7 Å². The Hall–Kier alpha value is -2.07. The van der Waals surface area contributed by atoms with Crippen LogP contribution < -0.4 is 18.9 Å². The van der Waals surface area contributed by atoms with Gasteiger partial charge in [-0.2, -0.15) is 4.31 Å². The number of carboxylic acids is 1. The molecule has 0 amide bonds. The van der Waals surface area contributed by atoms with E-state index in [1.54, 1.807) is 12.6 Å². The Labute approximate surface area is 481 Å². The molecule has 0 spiro atoms. The molecule has 450 valence electrons. The maximum atomic E-state index is 13.4. The summed E-state index contributed by atoms with van der Waals surface area (Å²) in [7, 11) is 4.08. The van der Waals surface area contributed by atoms with Gasteiger partial charge >= 0.3 is 30.8 Å². The van der Waals surface area contributed by atoms with Crippen molar-refractivity contribution < 1.29 is 107 Å². The predicted molar refractivity (Wildman–Crippen MR) is 285 cm³/mol. The fourth-order valence-electron chi connectivity index (χ4n) is 11.6. The molecular weight excluding hydrogens is 1120 g/mol. The zero-order valence-electron chi connectivity index (χ0n) is 47.0. The number of hydrogen-bond donors (Lipinski definition) is 1. The number of nitrogens with zero attached hydrogens (tertiary/aromatic N) is 2. The number of esters is 1. The Morgan fingerprint density at radius 2 is 1.19 bits per heavy atom. The van der Waals surface area contributed by atoms with Gasteiger partial charge in [0.25, 0.3) is 23.2 Å². The fraction of sp³-hybridized carbons (Fsp3) is 0.833. The number of aliphatic carboxylic acids is 1. The van der Waals surface area contributed by atoms with Gasteiger partial charge in [-0.25, -0.2) is 22.4 Å². The van der Waals surface area contributed by atoms with Crippen molar-refractivity contribution >= 4 is 56.6 Å². The molecule has 7 aliphatic carbocycles. The first-order valence-corrected chi connectivity index (χ1v) is 29.3. The van der Waals surface area contributed by atoms with Gasteiger partial charge in [-0.15, -0.1) is 11.7 Å². The molecule has 2 saturated heterocycles. The van der Waals surface area contributed by atoms with Crippen LogP contribution >= 0.6 is 27.3 Å². The molecule has 0 aromatic carbocycles. The number of ketones is 3. The number of carbonyl (C=O) groups excluding carboxylic acids is 4. The van der Waals surface area contributed by atoms with Gasteiger partial charge in [0.2, 0.25) is 0 Å². The molecule has 14 nitrogen and oxygen atoms in total. The monoisotopic (exact) mass is 1210 g/mol. The first-order valence-electron chi connectivity index (χ1n) is 26.9. The molecule has 8 fully saturated rings. The quantitative estimate of drug-likeness (QED) is 0.0602. The summed E-state index contributed by atoms with van der Waals surface area (Å²) in [6.45, 7) is 12.3. The molecule has 2 heterocycles. The van der Waals surface area contributed by atoms with Gasteiger partial charge in [0.15, 0.2) is 0 Å². The molecule has 78 heavy (non-hydrogen) atoms. The number of Topliss-reactive ketones (excluding diaryl/α,β-unsaturated/α-hetero) is 3. The van der Waals surface area contributed by atoms with Gasteiger partial charge in [0.1, 0.15) is 17.3 Å². The number of carboxylic acid groups (broad SMARTS) is 1. The molecule has 9 rings (SSSR count). The van der Waals surface area contributed by atoms with Gasteiger partial charge in [0, 0.05) is 111 Å². The third kappa shape index (κ3) is 24.0. The van der Waals surface area contributed by atoms with E-state index in [4.69, 9.17) is 9.84 Å². The normalized spacial score (nSPS) is 29.2. The number of methoxy groups -OCH3 is 3. The minimum absolute atomic E-state index is 0. The fourth-order valence-corrected chi connectivity index (χ4v) is 12.4. The molecule has 2 aliphatic heterocycles. The van der Waals surface area contributed by atoms with Gasteiger partial charge in [-0.05, 0) is 143 Å². The molecule has 0 radical (unpaired) electrons. The van der Waals surface area contributed by atoms with Crippen molar-refractivity contribution in [1.82, 2.24) is 9.21 Å². The maximum Gasteiger partial charge on any atom is 1.00 e. The third-order valence-corrected chi connectivity index (χ3v) is 17.8. The number of ether oxygens (including phenoxy) is 4. The van der Waals surface area contributed by atoms with Crippen molar-refractivity contribution in [2.45, 2.75) is 161 Å². The zero-order chi connectivity index (χ0) is 56.1. The minimum atomic E-state index is -5.14. The average Bonchev–Trinajstić information content (AvgIpc) is 4.23. The van der Waals surface area contributed by atoms with E-state index in [1.807, 2.05) is 0 Å². The van der Waals surface area contributed by atoms with Crippen molar-refractivity contribution in [3.05, 3.63) is 23.9 Å². The largest absolute Gasteiger partial charge is 1.00 e. The van der Waals surface area contributed by atoms with Crippen LogP contribution in [0.15, 0.2) is 23.9 Å². The van der Waals surface area contributed by atoms with Crippen LogP contribution in [-0.2, 0) is 42.9 Å². The van der Waals surface area contributed by atoms with E-state index in [2.05, 4.69) is 54.6 Å². The predicted octanol–water partition coefficient (Wildman–Crippen LogP) is 8.77. The summed E-state index contributed by atoms with van der Waals surface area (Å²) in [5.41, 5.74) is 2.07. The van der Waals surface area contributed by atoms with E-state index in [-0.39, 0.29) is 110 Å². The van der Waals surface area contributed by atoms with Crippen molar-refractivity contribution in [1.29, 1.82) is 0 Å². The van der Waals surface area contributed by atoms with E-state index in [1.165, 1.54) is 86.3 Å². The van der Waals surface area contributed by atoms with Gasteiger partial charge in [-0.1, -0.05) is 28.6 Å². The number of allylic oxidation sites excluding steroid dienone is 2. The summed E-state index contributed by atoms with van der Waals surface area (Å²) in [5.74, 6) is -7.86. The van der Waals surface area contributed by atoms with Crippen LogP contribution in [0.2, 0.25) is 0 Å². The first kappa shape index (κ1) is 75.9.